The predicted octanol–water partition coefficient (Wildman–Crippen LogP) is 1.47. The van der Waals surface area contributed by atoms with Crippen LogP contribution < -0.4 is 11.1 Å². The Morgan fingerprint density at radius 1 is 1.53 bits per heavy atom. The number of rotatable bonds is 4. The van der Waals surface area contributed by atoms with Gasteiger partial charge in [0.05, 0.1) is 12.1 Å². The van der Waals surface area contributed by atoms with E-state index < -0.39 is 0 Å². The van der Waals surface area contributed by atoms with Crippen LogP contribution in [0.3, 0.4) is 0 Å². The minimum atomic E-state index is 0.00778. The molecular weight excluding hydrogens is 214 g/mol. The average Bonchev–Trinajstić information content (AvgIpc) is 2.27. The van der Waals surface area contributed by atoms with E-state index in [4.69, 9.17) is 11.0 Å². The van der Waals surface area contributed by atoms with Gasteiger partial charge in [-0.1, -0.05) is 6.42 Å². The first-order chi connectivity index (χ1) is 8.20. The third kappa shape index (κ3) is 2.63. The van der Waals surface area contributed by atoms with Crippen molar-refractivity contribution >= 4 is 11.5 Å². The zero-order valence-corrected chi connectivity index (χ0v) is 9.57. The second-order valence-electron chi connectivity index (χ2n) is 4.35. The first kappa shape index (κ1) is 11.6. The Balaban J connectivity index is 2.00. The van der Waals surface area contributed by atoms with Gasteiger partial charge < -0.3 is 11.1 Å². The minimum absolute atomic E-state index is 0.00778. The third-order valence-electron chi connectivity index (χ3n) is 3.15. The molecule has 1 aromatic carbocycles. The van der Waals surface area contributed by atoms with Gasteiger partial charge in [0.1, 0.15) is 6.07 Å². The van der Waals surface area contributed by atoms with Crippen LogP contribution in [0.25, 0.3) is 0 Å². The van der Waals surface area contributed by atoms with E-state index in [9.17, 15) is 4.79 Å². The van der Waals surface area contributed by atoms with Crippen LogP contribution in [0.4, 0.5) is 5.69 Å². The number of nitrogens with two attached hydrogens (primary N) is 1. The third-order valence-corrected chi connectivity index (χ3v) is 3.15. The number of nitrogens with zero attached hydrogens (tertiary/aromatic N) is 1. The highest BCUT2D eigenvalue weighted by Gasteiger charge is 2.18. The number of ketones is 1. The maximum atomic E-state index is 11.9. The summed E-state index contributed by atoms with van der Waals surface area (Å²) in [6, 6.07) is 7.30. The molecule has 0 aromatic heterocycles. The smallest absolute Gasteiger partial charge is 0.176 e. The highest BCUT2D eigenvalue weighted by molar-refractivity contribution is 5.98. The Morgan fingerprint density at radius 3 is 2.88 bits per heavy atom. The Bertz CT molecular complexity index is 472. The lowest BCUT2D eigenvalue weighted by molar-refractivity contribution is 0.0982. The summed E-state index contributed by atoms with van der Waals surface area (Å²) in [6.07, 6.45) is 3.54. The van der Waals surface area contributed by atoms with Crippen molar-refractivity contribution in [3.05, 3.63) is 29.3 Å². The number of carbonyl (C=O) groups is 1. The Labute approximate surface area is 100 Å². The van der Waals surface area contributed by atoms with Crippen LogP contribution in [-0.2, 0) is 0 Å². The quantitative estimate of drug-likeness (QED) is 0.605. The summed E-state index contributed by atoms with van der Waals surface area (Å²) >= 11 is 0. The molecule has 3 N–H and O–H groups in total. The van der Waals surface area contributed by atoms with Crippen molar-refractivity contribution in [2.24, 2.45) is 0 Å². The number of nitriles is 1. The van der Waals surface area contributed by atoms with Crippen LogP contribution in [0.5, 0.6) is 0 Å². The van der Waals surface area contributed by atoms with Gasteiger partial charge in [-0.2, -0.15) is 5.26 Å². The summed E-state index contributed by atoms with van der Waals surface area (Å²) in [5, 5.41) is 12.0. The molecule has 4 heteroatoms. The van der Waals surface area contributed by atoms with Crippen LogP contribution in [0.2, 0.25) is 0 Å². The molecule has 0 unspecified atom stereocenters. The first-order valence-corrected chi connectivity index (χ1v) is 5.77. The van der Waals surface area contributed by atoms with E-state index in [0.717, 1.165) is 12.8 Å². The molecule has 1 saturated carbocycles. The summed E-state index contributed by atoms with van der Waals surface area (Å²) < 4.78 is 0. The number of hydrogen-bond donors (Lipinski definition) is 2. The largest absolute Gasteiger partial charge is 0.398 e. The maximum Gasteiger partial charge on any atom is 0.176 e. The van der Waals surface area contributed by atoms with E-state index in [-0.39, 0.29) is 5.78 Å². The Morgan fingerprint density at radius 2 is 2.29 bits per heavy atom. The summed E-state index contributed by atoms with van der Waals surface area (Å²) in [4.78, 5) is 11.9. The molecule has 0 aliphatic heterocycles. The van der Waals surface area contributed by atoms with Gasteiger partial charge in [-0.05, 0) is 31.0 Å². The van der Waals surface area contributed by atoms with Gasteiger partial charge in [0, 0.05) is 17.3 Å². The summed E-state index contributed by atoms with van der Waals surface area (Å²) in [7, 11) is 0. The van der Waals surface area contributed by atoms with Crippen LogP contribution >= 0.6 is 0 Å². The van der Waals surface area contributed by atoms with Crippen molar-refractivity contribution in [2.45, 2.75) is 25.3 Å². The van der Waals surface area contributed by atoms with Gasteiger partial charge in [0.25, 0.3) is 0 Å². The lowest BCUT2D eigenvalue weighted by atomic mass is 9.93. The molecule has 88 valence electrons. The van der Waals surface area contributed by atoms with Crippen molar-refractivity contribution in [2.75, 3.05) is 12.3 Å². The molecule has 0 saturated heterocycles. The van der Waals surface area contributed by atoms with E-state index in [1.54, 1.807) is 18.2 Å². The minimum Gasteiger partial charge on any atom is -0.398 e. The van der Waals surface area contributed by atoms with Crippen molar-refractivity contribution in [3.8, 4) is 6.07 Å². The molecule has 1 fully saturated rings. The summed E-state index contributed by atoms with van der Waals surface area (Å²) in [5.74, 6) is 0.00778. The molecule has 1 aliphatic rings. The molecule has 4 nitrogen and oxygen atoms in total. The van der Waals surface area contributed by atoms with E-state index in [2.05, 4.69) is 5.32 Å². The first-order valence-electron chi connectivity index (χ1n) is 5.77. The standard InChI is InChI=1S/C13H15N3O/c14-7-10-6-9(4-5-12(10)15)13(17)8-16-11-2-1-3-11/h4-6,11,16H,1-3,8,15H2. The van der Waals surface area contributed by atoms with Gasteiger partial charge >= 0.3 is 0 Å². The fraction of sp³-hybridized carbons (Fsp3) is 0.385. The van der Waals surface area contributed by atoms with Crippen molar-refractivity contribution < 1.29 is 4.79 Å². The molecule has 0 radical (unpaired) electrons. The number of nitrogen functional groups attached to an aromatic ring is 1. The van der Waals surface area contributed by atoms with Crippen LogP contribution in [0, 0.1) is 11.3 Å². The summed E-state index contributed by atoms with van der Waals surface area (Å²) in [6.45, 7) is 0.333. The zero-order chi connectivity index (χ0) is 12.3. The van der Waals surface area contributed by atoms with Gasteiger partial charge in [-0.25, -0.2) is 0 Å². The normalized spacial score (nSPS) is 15.0. The molecule has 0 heterocycles. The molecule has 0 spiro atoms. The molecule has 0 amide bonds. The zero-order valence-electron chi connectivity index (χ0n) is 9.57. The van der Waals surface area contributed by atoms with Crippen LogP contribution in [-0.4, -0.2) is 18.4 Å². The van der Waals surface area contributed by atoms with E-state index in [0.29, 0.717) is 29.4 Å². The number of hydrogen-bond acceptors (Lipinski definition) is 4. The average molecular weight is 229 g/mol. The molecule has 17 heavy (non-hydrogen) atoms. The van der Waals surface area contributed by atoms with Crippen LogP contribution in [0.15, 0.2) is 18.2 Å². The van der Waals surface area contributed by atoms with Gasteiger partial charge in [-0.15, -0.1) is 0 Å². The van der Waals surface area contributed by atoms with Crippen molar-refractivity contribution in [1.82, 2.24) is 5.32 Å². The SMILES string of the molecule is N#Cc1cc(C(=O)CNC2CCC2)ccc1N. The van der Waals surface area contributed by atoms with Gasteiger partial charge in [0.15, 0.2) is 5.78 Å². The number of nitrogens with one attached hydrogen (secondary N) is 1. The van der Waals surface area contributed by atoms with Crippen LogP contribution in [0.1, 0.15) is 35.2 Å². The Kier molecular flexibility index (Phi) is 3.40. The monoisotopic (exact) mass is 229 g/mol. The van der Waals surface area contributed by atoms with E-state index in [1.807, 2.05) is 6.07 Å². The molecule has 1 aromatic rings. The lowest BCUT2D eigenvalue weighted by Gasteiger charge is -2.26. The Hall–Kier alpha value is -1.86. The second-order valence-corrected chi connectivity index (χ2v) is 4.35. The lowest BCUT2D eigenvalue weighted by Crippen LogP contribution is -2.38. The summed E-state index contributed by atoms with van der Waals surface area (Å²) in [5.41, 5.74) is 6.92. The number of carbonyl (C=O) groups excluding carboxylic acids is 1. The van der Waals surface area contributed by atoms with E-state index >= 15 is 0 Å². The maximum absolute atomic E-state index is 11.9. The molecule has 0 bridgehead atoms. The van der Waals surface area contributed by atoms with Crippen molar-refractivity contribution in [3.63, 3.8) is 0 Å². The highest BCUT2D eigenvalue weighted by atomic mass is 16.1. The molecule has 1 aliphatic carbocycles. The fourth-order valence-electron chi connectivity index (χ4n) is 1.78. The second kappa shape index (κ2) is 4.98. The number of benzene rings is 1. The highest BCUT2D eigenvalue weighted by Crippen LogP contribution is 2.18. The predicted molar refractivity (Wildman–Crippen MR) is 65.5 cm³/mol. The molecule has 0 atom stereocenters. The van der Waals surface area contributed by atoms with Crippen molar-refractivity contribution in [1.29, 1.82) is 5.26 Å². The number of Topliss-reactive ketones (excluding diaryl/α,β-unsaturated/α-hetero) is 1. The van der Waals surface area contributed by atoms with E-state index in [1.165, 1.54) is 6.42 Å². The van der Waals surface area contributed by atoms with Gasteiger partial charge in [0.2, 0.25) is 0 Å². The fourth-order valence-corrected chi connectivity index (χ4v) is 1.78. The topological polar surface area (TPSA) is 78.9 Å². The molecule has 2 rings (SSSR count). The number of anilines is 1. The molecular formula is C13H15N3O. The van der Waals surface area contributed by atoms with Gasteiger partial charge in [-0.3, -0.25) is 4.79 Å².